The zero-order valence-electron chi connectivity index (χ0n) is 11.2. The van der Waals surface area contributed by atoms with E-state index in [0.717, 1.165) is 0 Å². The summed E-state index contributed by atoms with van der Waals surface area (Å²) >= 11 is 0. The van der Waals surface area contributed by atoms with Crippen molar-refractivity contribution in [1.29, 1.82) is 0 Å². The summed E-state index contributed by atoms with van der Waals surface area (Å²) in [7, 11) is 0. The van der Waals surface area contributed by atoms with Gasteiger partial charge in [-0.3, -0.25) is 4.79 Å². The molecule has 0 unspecified atom stereocenters. The summed E-state index contributed by atoms with van der Waals surface area (Å²) in [4.78, 5) is 10.7. The molecule has 0 aliphatic heterocycles. The molecule has 1 rings (SSSR count). The zero-order valence-corrected chi connectivity index (χ0v) is 11.2. The number of hydrogen-bond donors (Lipinski definition) is 1. The topological polar surface area (TPSA) is 37.3 Å². The Balaban J connectivity index is 3.14. The third kappa shape index (κ3) is 3.58. The van der Waals surface area contributed by atoms with E-state index < -0.39 is 5.97 Å². The van der Waals surface area contributed by atoms with Gasteiger partial charge in [0, 0.05) is 6.42 Å². The molecule has 0 saturated carbocycles. The van der Waals surface area contributed by atoms with Gasteiger partial charge in [0.2, 0.25) is 0 Å². The average molecular weight is 234 g/mol. The van der Waals surface area contributed by atoms with Gasteiger partial charge in [0.1, 0.15) is 0 Å². The highest BCUT2D eigenvalue weighted by Crippen LogP contribution is 2.28. The van der Waals surface area contributed by atoms with Gasteiger partial charge in [-0.05, 0) is 34.9 Å². The number of benzene rings is 1. The molecule has 0 saturated heterocycles. The van der Waals surface area contributed by atoms with Crippen molar-refractivity contribution in [3.63, 3.8) is 0 Å². The van der Waals surface area contributed by atoms with Crippen LogP contribution in [-0.2, 0) is 11.2 Å². The van der Waals surface area contributed by atoms with E-state index in [1.807, 2.05) is 0 Å². The average Bonchev–Trinajstić information content (AvgIpc) is 2.25. The van der Waals surface area contributed by atoms with E-state index in [1.54, 1.807) is 0 Å². The summed E-state index contributed by atoms with van der Waals surface area (Å²) in [6.45, 7) is 8.63. The highest BCUT2D eigenvalue weighted by molar-refractivity contribution is 5.67. The molecule has 0 heterocycles. The van der Waals surface area contributed by atoms with E-state index >= 15 is 0 Å². The molecule has 0 aromatic heterocycles. The Morgan fingerprint density at radius 3 is 1.94 bits per heavy atom. The fourth-order valence-corrected chi connectivity index (χ4v) is 2.23. The molecule has 0 fully saturated rings. The van der Waals surface area contributed by atoms with Gasteiger partial charge in [0.15, 0.2) is 0 Å². The number of hydrogen-bond acceptors (Lipinski definition) is 1. The predicted octanol–water partition coefficient (Wildman–Crippen LogP) is 3.95. The molecule has 17 heavy (non-hydrogen) atoms. The van der Waals surface area contributed by atoms with E-state index in [9.17, 15) is 4.79 Å². The minimum Gasteiger partial charge on any atom is -0.481 e. The molecule has 0 aliphatic carbocycles. The van der Waals surface area contributed by atoms with Crippen LogP contribution in [0.4, 0.5) is 0 Å². The second-order valence-corrected chi connectivity index (χ2v) is 5.12. The standard InChI is InChI=1S/C15H22O2/c1-10(2)12-6-5-7-13(11(3)4)14(12)8-9-15(16)17/h5-7,10-11H,8-9H2,1-4H3,(H,16,17). The molecular formula is C15H22O2. The van der Waals surface area contributed by atoms with Gasteiger partial charge >= 0.3 is 5.97 Å². The maximum atomic E-state index is 10.7. The molecule has 0 spiro atoms. The lowest BCUT2D eigenvalue weighted by Gasteiger charge is -2.19. The van der Waals surface area contributed by atoms with Gasteiger partial charge in [0.25, 0.3) is 0 Å². The van der Waals surface area contributed by atoms with E-state index in [1.165, 1.54) is 16.7 Å². The summed E-state index contributed by atoms with van der Waals surface area (Å²) in [5, 5.41) is 8.83. The van der Waals surface area contributed by atoms with E-state index in [0.29, 0.717) is 18.3 Å². The highest BCUT2D eigenvalue weighted by atomic mass is 16.4. The zero-order chi connectivity index (χ0) is 13.0. The Kier molecular flexibility index (Phi) is 4.73. The summed E-state index contributed by atoms with van der Waals surface area (Å²) in [5.74, 6) is 0.160. The number of carboxylic acids is 1. The maximum absolute atomic E-state index is 10.7. The van der Waals surface area contributed by atoms with Crippen LogP contribution in [0.25, 0.3) is 0 Å². The summed E-state index contributed by atoms with van der Waals surface area (Å²) < 4.78 is 0. The third-order valence-electron chi connectivity index (χ3n) is 3.08. The fourth-order valence-electron chi connectivity index (χ4n) is 2.23. The molecule has 1 N–H and O–H groups in total. The maximum Gasteiger partial charge on any atom is 0.303 e. The molecule has 0 bridgehead atoms. The monoisotopic (exact) mass is 234 g/mol. The van der Waals surface area contributed by atoms with Crippen LogP contribution in [-0.4, -0.2) is 11.1 Å². The van der Waals surface area contributed by atoms with Gasteiger partial charge < -0.3 is 5.11 Å². The second kappa shape index (κ2) is 5.85. The Bertz CT molecular complexity index is 366. The van der Waals surface area contributed by atoms with Crippen LogP contribution in [0.2, 0.25) is 0 Å². The van der Waals surface area contributed by atoms with Crippen molar-refractivity contribution in [3.05, 3.63) is 34.9 Å². The molecule has 2 heteroatoms. The summed E-state index contributed by atoms with van der Waals surface area (Å²) in [6, 6.07) is 6.32. The van der Waals surface area contributed by atoms with Crippen LogP contribution in [0.15, 0.2) is 18.2 Å². The highest BCUT2D eigenvalue weighted by Gasteiger charge is 2.14. The normalized spacial score (nSPS) is 11.2. The van der Waals surface area contributed by atoms with Crippen LogP contribution in [0, 0.1) is 0 Å². The van der Waals surface area contributed by atoms with Crippen molar-refractivity contribution in [2.45, 2.75) is 52.4 Å². The van der Waals surface area contributed by atoms with E-state index in [4.69, 9.17) is 5.11 Å². The molecule has 1 aromatic carbocycles. The number of carboxylic acid groups (broad SMARTS) is 1. The smallest absolute Gasteiger partial charge is 0.303 e. The first kappa shape index (κ1) is 13.8. The van der Waals surface area contributed by atoms with Crippen molar-refractivity contribution < 1.29 is 9.90 Å². The Morgan fingerprint density at radius 1 is 1.12 bits per heavy atom. The Hall–Kier alpha value is -1.31. The molecule has 2 nitrogen and oxygen atoms in total. The van der Waals surface area contributed by atoms with E-state index in [2.05, 4.69) is 45.9 Å². The van der Waals surface area contributed by atoms with Crippen LogP contribution < -0.4 is 0 Å². The quantitative estimate of drug-likeness (QED) is 0.837. The SMILES string of the molecule is CC(C)c1cccc(C(C)C)c1CCC(=O)O. The van der Waals surface area contributed by atoms with Gasteiger partial charge in [-0.15, -0.1) is 0 Å². The van der Waals surface area contributed by atoms with Crippen LogP contribution >= 0.6 is 0 Å². The molecule has 0 radical (unpaired) electrons. The first-order valence-corrected chi connectivity index (χ1v) is 6.27. The third-order valence-corrected chi connectivity index (χ3v) is 3.08. The minimum absolute atomic E-state index is 0.212. The van der Waals surface area contributed by atoms with Crippen molar-refractivity contribution in [2.24, 2.45) is 0 Å². The lowest BCUT2D eigenvalue weighted by atomic mass is 9.86. The molecule has 1 aromatic rings. The van der Waals surface area contributed by atoms with Gasteiger partial charge in [-0.25, -0.2) is 0 Å². The Labute approximate surface area is 104 Å². The summed E-state index contributed by atoms with van der Waals surface area (Å²) in [5.41, 5.74) is 3.81. The molecular weight excluding hydrogens is 212 g/mol. The van der Waals surface area contributed by atoms with Crippen LogP contribution in [0.5, 0.6) is 0 Å². The van der Waals surface area contributed by atoms with Crippen molar-refractivity contribution in [3.8, 4) is 0 Å². The minimum atomic E-state index is -0.724. The van der Waals surface area contributed by atoms with Crippen molar-refractivity contribution in [2.75, 3.05) is 0 Å². The number of aliphatic carboxylic acids is 1. The number of rotatable bonds is 5. The molecule has 0 amide bonds. The number of carbonyl (C=O) groups is 1. The summed E-state index contributed by atoms with van der Waals surface area (Å²) in [6.07, 6.45) is 0.848. The van der Waals surface area contributed by atoms with E-state index in [-0.39, 0.29) is 6.42 Å². The first-order valence-electron chi connectivity index (χ1n) is 6.27. The van der Waals surface area contributed by atoms with Crippen LogP contribution in [0.3, 0.4) is 0 Å². The molecule has 0 atom stereocenters. The molecule has 94 valence electrons. The van der Waals surface area contributed by atoms with Crippen molar-refractivity contribution >= 4 is 5.97 Å². The lowest BCUT2D eigenvalue weighted by molar-refractivity contribution is -0.136. The largest absolute Gasteiger partial charge is 0.481 e. The van der Waals surface area contributed by atoms with Gasteiger partial charge in [0.05, 0.1) is 0 Å². The van der Waals surface area contributed by atoms with Gasteiger partial charge in [-0.1, -0.05) is 45.9 Å². The molecule has 0 aliphatic rings. The van der Waals surface area contributed by atoms with Gasteiger partial charge in [-0.2, -0.15) is 0 Å². The van der Waals surface area contributed by atoms with Crippen LogP contribution in [0.1, 0.15) is 62.6 Å². The van der Waals surface area contributed by atoms with Crippen molar-refractivity contribution in [1.82, 2.24) is 0 Å². The lowest BCUT2D eigenvalue weighted by Crippen LogP contribution is -2.06. The fraction of sp³-hybridized carbons (Fsp3) is 0.533. The second-order valence-electron chi connectivity index (χ2n) is 5.12. The first-order chi connectivity index (χ1) is 7.93. The Morgan fingerprint density at radius 2 is 1.59 bits per heavy atom. The predicted molar refractivity (Wildman–Crippen MR) is 70.6 cm³/mol.